The van der Waals surface area contributed by atoms with Gasteiger partial charge in [0.2, 0.25) is 0 Å². The number of hydrogen-bond acceptors (Lipinski definition) is 2. The standard InChI is InChI=1S/C11H15BrO2/c1-5-6-11(9(3)13,10(4)14)7-8(2)12/h5H,1-2,6-7H2,3-4H3. The summed E-state index contributed by atoms with van der Waals surface area (Å²) in [7, 11) is 0. The first kappa shape index (κ1) is 13.3. The van der Waals surface area contributed by atoms with Crippen LogP contribution in [0.25, 0.3) is 0 Å². The Labute approximate surface area is 93.2 Å². The van der Waals surface area contributed by atoms with E-state index in [1.807, 2.05) is 0 Å². The predicted octanol–water partition coefficient (Wildman–Crippen LogP) is 3.03. The van der Waals surface area contributed by atoms with E-state index in [0.717, 1.165) is 0 Å². The van der Waals surface area contributed by atoms with Gasteiger partial charge in [-0.25, -0.2) is 0 Å². The zero-order valence-electron chi connectivity index (χ0n) is 8.60. The van der Waals surface area contributed by atoms with E-state index < -0.39 is 5.41 Å². The van der Waals surface area contributed by atoms with Gasteiger partial charge in [0.05, 0.1) is 5.41 Å². The molecule has 0 amide bonds. The van der Waals surface area contributed by atoms with Gasteiger partial charge in [0.15, 0.2) is 0 Å². The highest BCUT2D eigenvalue weighted by molar-refractivity contribution is 9.11. The lowest BCUT2D eigenvalue weighted by molar-refractivity contribution is -0.138. The summed E-state index contributed by atoms with van der Waals surface area (Å²) in [6.07, 6.45) is 2.30. The van der Waals surface area contributed by atoms with Crippen LogP contribution in [0.15, 0.2) is 23.7 Å². The Hall–Kier alpha value is -0.700. The van der Waals surface area contributed by atoms with Gasteiger partial charge in [-0.2, -0.15) is 0 Å². The van der Waals surface area contributed by atoms with Crippen molar-refractivity contribution in [2.45, 2.75) is 26.7 Å². The van der Waals surface area contributed by atoms with E-state index in [4.69, 9.17) is 0 Å². The summed E-state index contributed by atoms with van der Waals surface area (Å²) in [5, 5.41) is 0. The third-order valence-electron chi connectivity index (χ3n) is 2.33. The van der Waals surface area contributed by atoms with Crippen molar-refractivity contribution in [2.24, 2.45) is 5.41 Å². The van der Waals surface area contributed by atoms with Gasteiger partial charge in [-0.3, -0.25) is 9.59 Å². The van der Waals surface area contributed by atoms with Gasteiger partial charge in [-0.05, 0) is 31.2 Å². The van der Waals surface area contributed by atoms with Crippen molar-refractivity contribution in [1.82, 2.24) is 0 Å². The van der Waals surface area contributed by atoms with Crippen molar-refractivity contribution in [2.75, 3.05) is 0 Å². The monoisotopic (exact) mass is 258 g/mol. The average molecular weight is 259 g/mol. The lowest BCUT2D eigenvalue weighted by Crippen LogP contribution is -2.36. The maximum Gasteiger partial charge on any atom is 0.143 e. The zero-order chi connectivity index (χ0) is 11.4. The van der Waals surface area contributed by atoms with E-state index in [0.29, 0.717) is 17.3 Å². The van der Waals surface area contributed by atoms with Crippen LogP contribution >= 0.6 is 15.9 Å². The summed E-state index contributed by atoms with van der Waals surface area (Å²) in [4.78, 5) is 23.0. The van der Waals surface area contributed by atoms with Crippen molar-refractivity contribution in [3.8, 4) is 0 Å². The molecule has 0 heterocycles. The lowest BCUT2D eigenvalue weighted by Gasteiger charge is -2.26. The van der Waals surface area contributed by atoms with E-state index in [1.54, 1.807) is 6.08 Å². The third-order valence-corrected chi connectivity index (χ3v) is 2.61. The van der Waals surface area contributed by atoms with Crippen molar-refractivity contribution in [1.29, 1.82) is 0 Å². The molecule has 0 aromatic rings. The fraction of sp³-hybridized carbons (Fsp3) is 0.455. The highest BCUT2D eigenvalue weighted by Gasteiger charge is 2.39. The van der Waals surface area contributed by atoms with Crippen molar-refractivity contribution >= 4 is 27.5 Å². The smallest absolute Gasteiger partial charge is 0.143 e. The Bertz CT molecular complexity index is 265. The molecule has 0 aliphatic heterocycles. The summed E-state index contributed by atoms with van der Waals surface area (Å²) in [5.74, 6) is -0.268. The molecule has 78 valence electrons. The zero-order valence-corrected chi connectivity index (χ0v) is 10.2. The number of Topliss-reactive ketones (excluding diaryl/α,β-unsaturated/α-hetero) is 2. The molecular formula is C11H15BrO2. The molecule has 0 N–H and O–H groups in total. The Morgan fingerprint density at radius 1 is 1.36 bits per heavy atom. The molecule has 0 radical (unpaired) electrons. The van der Waals surface area contributed by atoms with Gasteiger partial charge in [-0.15, -0.1) is 6.58 Å². The van der Waals surface area contributed by atoms with Gasteiger partial charge in [0, 0.05) is 0 Å². The van der Waals surface area contributed by atoms with Crippen LogP contribution in [0.4, 0.5) is 0 Å². The van der Waals surface area contributed by atoms with E-state index in [9.17, 15) is 9.59 Å². The van der Waals surface area contributed by atoms with Crippen LogP contribution < -0.4 is 0 Å². The third kappa shape index (κ3) is 2.91. The van der Waals surface area contributed by atoms with Crippen LogP contribution in [0.2, 0.25) is 0 Å². The summed E-state index contributed by atoms with van der Waals surface area (Å²) < 4.78 is 0.657. The molecule has 0 saturated heterocycles. The first-order valence-electron chi connectivity index (χ1n) is 4.33. The fourth-order valence-electron chi connectivity index (χ4n) is 1.43. The quantitative estimate of drug-likeness (QED) is 0.542. The molecule has 0 fully saturated rings. The lowest BCUT2D eigenvalue weighted by atomic mass is 9.74. The van der Waals surface area contributed by atoms with E-state index >= 15 is 0 Å². The molecule has 0 rings (SSSR count). The fourth-order valence-corrected chi connectivity index (χ4v) is 1.91. The molecule has 0 aromatic heterocycles. The Morgan fingerprint density at radius 2 is 1.79 bits per heavy atom. The summed E-state index contributed by atoms with van der Waals surface area (Å²) >= 11 is 3.18. The van der Waals surface area contributed by atoms with Crippen LogP contribution in [0.1, 0.15) is 26.7 Å². The van der Waals surface area contributed by atoms with Gasteiger partial charge >= 0.3 is 0 Å². The number of carbonyl (C=O) groups excluding carboxylic acids is 2. The Morgan fingerprint density at radius 3 is 2.00 bits per heavy atom. The minimum atomic E-state index is -0.970. The van der Waals surface area contributed by atoms with E-state index in [2.05, 4.69) is 29.1 Å². The van der Waals surface area contributed by atoms with Gasteiger partial charge in [0.25, 0.3) is 0 Å². The number of carbonyl (C=O) groups is 2. The first-order chi connectivity index (χ1) is 6.36. The maximum atomic E-state index is 11.5. The van der Waals surface area contributed by atoms with Gasteiger partial charge in [0.1, 0.15) is 11.6 Å². The summed E-state index contributed by atoms with van der Waals surface area (Å²) in [6, 6.07) is 0. The molecule has 0 aliphatic rings. The highest BCUT2D eigenvalue weighted by atomic mass is 79.9. The summed E-state index contributed by atoms with van der Waals surface area (Å²) in [6.45, 7) is 10.1. The largest absolute Gasteiger partial charge is 0.299 e. The van der Waals surface area contributed by atoms with Crippen LogP contribution in [0, 0.1) is 5.41 Å². The van der Waals surface area contributed by atoms with Gasteiger partial charge < -0.3 is 0 Å². The SMILES string of the molecule is C=CCC(CC(=C)Br)(C(C)=O)C(C)=O. The van der Waals surface area contributed by atoms with E-state index in [1.165, 1.54) is 13.8 Å². The van der Waals surface area contributed by atoms with Crippen molar-refractivity contribution < 1.29 is 9.59 Å². The van der Waals surface area contributed by atoms with Crippen LogP contribution in [-0.2, 0) is 9.59 Å². The Kier molecular flexibility index (Phi) is 4.99. The first-order valence-corrected chi connectivity index (χ1v) is 5.12. The Balaban J connectivity index is 5.13. The second kappa shape index (κ2) is 5.25. The molecule has 0 atom stereocenters. The topological polar surface area (TPSA) is 34.1 Å². The number of hydrogen-bond donors (Lipinski definition) is 0. The van der Waals surface area contributed by atoms with Crippen molar-refractivity contribution in [3.05, 3.63) is 23.7 Å². The molecule has 0 aromatic carbocycles. The molecule has 0 saturated carbocycles. The normalized spacial score (nSPS) is 10.8. The number of rotatable bonds is 6. The van der Waals surface area contributed by atoms with Crippen LogP contribution in [0.3, 0.4) is 0 Å². The number of ketones is 2. The molecule has 14 heavy (non-hydrogen) atoms. The second-order valence-electron chi connectivity index (χ2n) is 3.38. The van der Waals surface area contributed by atoms with Crippen molar-refractivity contribution in [3.63, 3.8) is 0 Å². The summed E-state index contributed by atoms with van der Waals surface area (Å²) in [5.41, 5.74) is -0.970. The molecule has 3 heteroatoms. The van der Waals surface area contributed by atoms with Crippen LogP contribution in [-0.4, -0.2) is 11.6 Å². The van der Waals surface area contributed by atoms with Crippen LogP contribution in [0.5, 0.6) is 0 Å². The van der Waals surface area contributed by atoms with E-state index in [-0.39, 0.29) is 11.6 Å². The maximum absolute atomic E-state index is 11.5. The minimum absolute atomic E-state index is 0.134. The predicted molar refractivity (Wildman–Crippen MR) is 61.3 cm³/mol. The molecular weight excluding hydrogens is 244 g/mol. The minimum Gasteiger partial charge on any atom is -0.299 e. The average Bonchev–Trinajstić information content (AvgIpc) is 2.01. The number of halogens is 1. The molecule has 0 unspecified atom stereocenters. The molecule has 2 nitrogen and oxygen atoms in total. The molecule has 0 spiro atoms. The highest BCUT2D eigenvalue weighted by Crippen LogP contribution is 2.34. The number of allylic oxidation sites excluding steroid dienone is 2. The second-order valence-corrected chi connectivity index (χ2v) is 4.50. The van der Waals surface area contributed by atoms with Gasteiger partial charge in [-0.1, -0.05) is 28.6 Å². The molecule has 0 aliphatic carbocycles. The molecule has 0 bridgehead atoms.